The SMILES string of the molecule is CCNC(CCc1ccccn1)Cc1ccc(CC)cn1. The number of aryl methyl sites for hydroxylation is 2. The van der Waals surface area contributed by atoms with Crippen LogP contribution in [0.5, 0.6) is 0 Å². The summed E-state index contributed by atoms with van der Waals surface area (Å²) in [6.07, 6.45) is 7.97. The van der Waals surface area contributed by atoms with E-state index < -0.39 is 0 Å². The largest absolute Gasteiger partial charge is 0.314 e. The Morgan fingerprint density at radius 1 is 1.05 bits per heavy atom. The average molecular weight is 283 g/mol. The highest BCUT2D eigenvalue weighted by Crippen LogP contribution is 2.09. The highest BCUT2D eigenvalue weighted by Gasteiger charge is 2.10. The Hall–Kier alpha value is -1.74. The predicted octanol–water partition coefficient (Wildman–Crippen LogP) is 3.19. The van der Waals surface area contributed by atoms with E-state index >= 15 is 0 Å². The molecule has 0 aromatic carbocycles. The van der Waals surface area contributed by atoms with E-state index in [1.807, 2.05) is 18.5 Å². The van der Waals surface area contributed by atoms with E-state index in [4.69, 9.17) is 0 Å². The maximum absolute atomic E-state index is 4.57. The van der Waals surface area contributed by atoms with E-state index in [1.165, 1.54) is 11.3 Å². The number of nitrogens with zero attached hydrogens (tertiary/aromatic N) is 2. The van der Waals surface area contributed by atoms with E-state index in [0.717, 1.165) is 37.9 Å². The van der Waals surface area contributed by atoms with Crippen LogP contribution in [0.4, 0.5) is 0 Å². The topological polar surface area (TPSA) is 37.8 Å². The van der Waals surface area contributed by atoms with Crippen molar-refractivity contribution < 1.29 is 0 Å². The second-order valence-corrected chi connectivity index (χ2v) is 5.33. The van der Waals surface area contributed by atoms with Crippen LogP contribution in [0, 0.1) is 0 Å². The van der Waals surface area contributed by atoms with Crippen molar-refractivity contribution in [3.63, 3.8) is 0 Å². The van der Waals surface area contributed by atoms with Gasteiger partial charge in [-0.15, -0.1) is 0 Å². The van der Waals surface area contributed by atoms with Crippen molar-refractivity contribution in [2.45, 2.75) is 45.6 Å². The molecule has 112 valence electrons. The van der Waals surface area contributed by atoms with Crippen molar-refractivity contribution in [3.05, 3.63) is 59.7 Å². The molecule has 2 rings (SSSR count). The van der Waals surface area contributed by atoms with Gasteiger partial charge >= 0.3 is 0 Å². The molecule has 1 N–H and O–H groups in total. The number of hydrogen-bond acceptors (Lipinski definition) is 3. The molecule has 0 aliphatic rings. The van der Waals surface area contributed by atoms with Gasteiger partial charge in [0.1, 0.15) is 0 Å². The monoisotopic (exact) mass is 283 g/mol. The molecule has 3 nitrogen and oxygen atoms in total. The van der Waals surface area contributed by atoms with Crippen molar-refractivity contribution in [2.75, 3.05) is 6.54 Å². The molecule has 2 heterocycles. The fraction of sp³-hybridized carbons (Fsp3) is 0.444. The van der Waals surface area contributed by atoms with Gasteiger partial charge in [0.25, 0.3) is 0 Å². The first-order valence-corrected chi connectivity index (χ1v) is 7.89. The Morgan fingerprint density at radius 2 is 1.95 bits per heavy atom. The highest BCUT2D eigenvalue weighted by molar-refractivity contribution is 5.15. The Bertz CT molecular complexity index is 508. The van der Waals surface area contributed by atoms with E-state index in [1.54, 1.807) is 0 Å². The highest BCUT2D eigenvalue weighted by atomic mass is 14.9. The molecule has 0 aliphatic carbocycles. The van der Waals surface area contributed by atoms with Crippen LogP contribution in [0.1, 0.15) is 37.2 Å². The minimum atomic E-state index is 0.456. The van der Waals surface area contributed by atoms with Crippen LogP contribution in [0.25, 0.3) is 0 Å². The van der Waals surface area contributed by atoms with Gasteiger partial charge in [-0.2, -0.15) is 0 Å². The number of nitrogens with one attached hydrogen (secondary N) is 1. The van der Waals surface area contributed by atoms with Gasteiger partial charge in [0.05, 0.1) is 0 Å². The van der Waals surface area contributed by atoms with E-state index in [2.05, 4.69) is 53.4 Å². The summed E-state index contributed by atoms with van der Waals surface area (Å²) in [4.78, 5) is 8.97. The minimum Gasteiger partial charge on any atom is -0.314 e. The number of rotatable bonds is 8. The standard InChI is InChI=1S/C18H25N3/c1-3-15-8-9-18(21-14-15)13-17(19-4-2)11-10-16-7-5-6-12-20-16/h5-9,12,14,17,19H,3-4,10-11,13H2,1-2H3. The van der Waals surface area contributed by atoms with Gasteiger partial charge in [0.2, 0.25) is 0 Å². The molecule has 0 saturated carbocycles. The lowest BCUT2D eigenvalue weighted by Crippen LogP contribution is -2.31. The molecule has 0 spiro atoms. The van der Waals surface area contributed by atoms with E-state index in [-0.39, 0.29) is 0 Å². The molecule has 1 unspecified atom stereocenters. The number of pyridine rings is 2. The zero-order valence-electron chi connectivity index (χ0n) is 13.0. The quantitative estimate of drug-likeness (QED) is 0.808. The van der Waals surface area contributed by atoms with Gasteiger partial charge in [0.15, 0.2) is 0 Å². The fourth-order valence-electron chi connectivity index (χ4n) is 2.47. The second kappa shape index (κ2) is 8.53. The first kappa shape index (κ1) is 15.6. The van der Waals surface area contributed by atoms with Crippen molar-refractivity contribution in [3.8, 4) is 0 Å². The lowest BCUT2D eigenvalue weighted by molar-refractivity contribution is 0.484. The molecule has 0 saturated heterocycles. The zero-order chi connectivity index (χ0) is 14.9. The van der Waals surface area contributed by atoms with Crippen LogP contribution in [0.3, 0.4) is 0 Å². The Kier molecular flexibility index (Phi) is 6.35. The third kappa shape index (κ3) is 5.27. The molecule has 0 amide bonds. The van der Waals surface area contributed by atoms with Crippen LogP contribution in [0.2, 0.25) is 0 Å². The van der Waals surface area contributed by atoms with Gasteiger partial charge in [-0.3, -0.25) is 9.97 Å². The molecule has 1 atom stereocenters. The van der Waals surface area contributed by atoms with Crippen LogP contribution in [-0.2, 0) is 19.3 Å². The molecular weight excluding hydrogens is 258 g/mol. The predicted molar refractivity (Wildman–Crippen MR) is 87.3 cm³/mol. The molecule has 0 radical (unpaired) electrons. The molecule has 3 heteroatoms. The normalized spacial score (nSPS) is 12.3. The average Bonchev–Trinajstić information content (AvgIpc) is 2.54. The molecule has 0 fully saturated rings. The molecule has 0 aliphatic heterocycles. The minimum absolute atomic E-state index is 0.456. The smallest absolute Gasteiger partial charge is 0.0419 e. The van der Waals surface area contributed by atoms with E-state index in [0.29, 0.717) is 6.04 Å². The van der Waals surface area contributed by atoms with Crippen LogP contribution in [0.15, 0.2) is 42.7 Å². The van der Waals surface area contributed by atoms with Gasteiger partial charge in [-0.25, -0.2) is 0 Å². The van der Waals surface area contributed by atoms with Crippen molar-refractivity contribution in [1.29, 1.82) is 0 Å². The first-order chi connectivity index (χ1) is 10.3. The van der Waals surface area contributed by atoms with Gasteiger partial charge < -0.3 is 5.32 Å². The summed E-state index contributed by atoms with van der Waals surface area (Å²) in [5, 5.41) is 3.56. The molecular formula is C18H25N3. The fourth-order valence-corrected chi connectivity index (χ4v) is 2.47. The van der Waals surface area contributed by atoms with Crippen molar-refractivity contribution in [1.82, 2.24) is 15.3 Å². The summed E-state index contributed by atoms with van der Waals surface area (Å²) < 4.78 is 0. The van der Waals surface area contributed by atoms with Crippen LogP contribution >= 0.6 is 0 Å². The third-order valence-electron chi connectivity index (χ3n) is 3.72. The lowest BCUT2D eigenvalue weighted by Gasteiger charge is -2.17. The van der Waals surface area contributed by atoms with Crippen molar-refractivity contribution in [2.24, 2.45) is 0 Å². The number of hydrogen-bond donors (Lipinski definition) is 1. The van der Waals surface area contributed by atoms with E-state index in [9.17, 15) is 0 Å². The molecule has 0 bridgehead atoms. The van der Waals surface area contributed by atoms with Gasteiger partial charge in [-0.1, -0.05) is 26.0 Å². The molecule has 2 aromatic rings. The summed E-state index contributed by atoms with van der Waals surface area (Å²) >= 11 is 0. The molecule has 21 heavy (non-hydrogen) atoms. The third-order valence-corrected chi connectivity index (χ3v) is 3.72. The Morgan fingerprint density at radius 3 is 2.57 bits per heavy atom. The Balaban J connectivity index is 1.91. The Labute approximate surface area is 127 Å². The first-order valence-electron chi connectivity index (χ1n) is 7.89. The summed E-state index contributed by atoms with van der Waals surface area (Å²) in [6.45, 7) is 5.30. The summed E-state index contributed by atoms with van der Waals surface area (Å²) in [5.41, 5.74) is 3.63. The van der Waals surface area contributed by atoms with Crippen LogP contribution in [-0.4, -0.2) is 22.6 Å². The van der Waals surface area contributed by atoms with Gasteiger partial charge in [0, 0.05) is 36.2 Å². The second-order valence-electron chi connectivity index (χ2n) is 5.33. The zero-order valence-corrected chi connectivity index (χ0v) is 13.0. The van der Waals surface area contributed by atoms with Crippen LogP contribution < -0.4 is 5.32 Å². The molecule has 2 aromatic heterocycles. The maximum Gasteiger partial charge on any atom is 0.0419 e. The lowest BCUT2D eigenvalue weighted by atomic mass is 10.0. The number of likely N-dealkylation sites (N-methyl/N-ethyl adjacent to an activating group) is 1. The van der Waals surface area contributed by atoms with Crippen molar-refractivity contribution >= 4 is 0 Å². The summed E-state index contributed by atoms with van der Waals surface area (Å²) in [7, 11) is 0. The maximum atomic E-state index is 4.57. The summed E-state index contributed by atoms with van der Waals surface area (Å²) in [6, 6.07) is 10.9. The van der Waals surface area contributed by atoms with Gasteiger partial charge in [-0.05, 0) is 49.6 Å². The number of aromatic nitrogens is 2. The summed E-state index contributed by atoms with van der Waals surface area (Å²) in [5.74, 6) is 0.